The van der Waals surface area contributed by atoms with Gasteiger partial charge in [-0.2, -0.15) is 0 Å². The number of benzene rings is 2. The minimum atomic E-state index is -0.347. The first kappa shape index (κ1) is 21.4. The molecule has 0 unspecified atom stereocenters. The van der Waals surface area contributed by atoms with Crippen LogP contribution in [-0.4, -0.2) is 31.5 Å². The summed E-state index contributed by atoms with van der Waals surface area (Å²) in [6, 6.07) is 11.3. The van der Waals surface area contributed by atoms with E-state index in [0.29, 0.717) is 16.3 Å². The topological polar surface area (TPSA) is 72.3 Å². The van der Waals surface area contributed by atoms with Crippen LogP contribution in [0.1, 0.15) is 34.7 Å². The molecule has 0 aromatic heterocycles. The Labute approximate surface area is 170 Å². The second kappa shape index (κ2) is 9.90. The summed E-state index contributed by atoms with van der Waals surface area (Å²) in [7, 11) is 2.94. The van der Waals surface area contributed by atoms with Crippen LogP contribution in [0.5, 0.6) is 0 Å². The van der Waals surface area contributed by atoms with Gasteiger partial charge in [-0.25, -0.2) is 0 Å². The molecule has 0 aliphatic carbocycles. The number of carbonyl (C=O) groups excluding carboxylic acids is 1. The second-order valence-electron chi connectivity index (χ2n) is 6.18. The molecule has 1 N–H and O–H groups in total. The summed E-state index contributed by atoms with van der Waals surface area (Å²) in [5.74, 6) is -0.347. The van der Waals surface area contributed by atoms with E-state index in [4.69, 9.17) is 21.3 Å². The SMILES string of the molecule is CNC(=O)/C(=N/OC)c1cccc(C)c1CO/N=C(\C)c1c(C)cccc1Cl. The van der Waals surface area contributed by atoms with E-state index in [2.05, 4.69) is 15.6 Å². The second-order valence-corrected chi connectivity index (χ2v) is 6.59. The Kier molecular flexibility index (Phi) is 7.58. The zero-order valence-electron chi connectivity index (χ0n) is 16.7. The smallest absolute Gasteiger partial charge is 0.273 e. The predicted octanol–water partition coefficient (Wildman–Crippen LogP) is 3.99. The third kappa shape index (κ3) is 4.89. The van der Waals surface area contributed by atoms with E-state index >= 15 is 0 Å². The van der Waals surface area contributed by atoms with Gasteiger partial charge in [-0.3, -0.25) is 4.79 Å². The largest absolute Gasteiger partial charge is 0.398 e. The average molecular weight is 402 g/mol. The van der Waals surface area contributed by atoms with Crippen molar-refractivity contribution in [2.75, 3.05) is 14.2 Å². The fraction of sp³-hybridized carbons (Fsp3) is 0.286. The maximum Gasteiger partial charge on any atom is 0.273 e. The number of nitrogens with one attached hydrogen (secondary N) is 1. The number of nitrogens with zero attached hydrogens (tertiary/aromatic N) is 2. The standard InChI is InChI=1S/C21H24ClN3O3/c1-13-8-6-10-16(20(25-27-5)21(26)23-4)17(13)12-28-24-15(3)19-14(2)9-7-11-18(19)22/h6-11H,12H2,1-5H3,(H,23,26)/b24-15+,25-20+. The fourth-order valence-electron chi connectivity index (χ4n) is 2.87. The van der Waals surface area contributed by atoms with Crippen molar-refractivity contribution >= 4 is 28.9 Å². The summed E-state index contributed by atoms with van der Waals surface area (Å²) in [4.78, 5) is 22.7. The number of oxime groups is 2. The Morgan fingerprint density at radius 1 is 1.11 bits per heavy atom. The number of hydrogen-bond acceptors (Lipinski definition) is 5. The Hall–Kier alpha value is -2.86. The predicted molar refractivity (Wildman–Crippen MR) is 112 cm³/mol. The molecule has 2 aromatic carbocycles. The van der Waals surface area contributed by atoms with Gasteiger partial charge >= 0.3 is 0 Å². The molecule has 0 saturated carbocycles. The number of aryl methyl sites for hydroxylation is 2. The van der Waals surface area contributed by atoms with E-state index < -0.39 is 0 Å². The maximum atomic E-state index is 12.2. The van der Waals surface area contributed by atoms with Crippen LogP contribution in [0.15, 0.2) is 46.7 Å². The summed E-state index contributed by atoms with van der Waals surface area (Å²) < 4.78 is 0. The monoisotopic (exact) mass is 401 g/mol. The van der Waals surface area contributed by atoms with Crippen molar-refractivity contribution < 1.29 is 14.5 Å². The van der Waals surface area contributed by atoms with Crippen LogP contribution in [0.25, 0.3) is 0 Å². The zero-order valence-corrected chi connectivity index (χ0v) is 17.4. The third-order valence-electron chi connectivity index (χ3n) is 4.28. The van der Waals surface area contributed by atoms with Crippen molar-refractivity contribution in [2.45, 2.75) is 27.4 Å². The highest BCUT2D eigenvalue weighted by molar-refractivity contribution is 6.45. The Morgan fingerprint density at radius 3 is 2.43 bits per heavy atom. The van der Waals surface area contributed by atoms with Crippen molar-refractivity contribution in [2.24, 2.45) is 10.3 Å². The molecule has 0 heterocycles. The number of carbonyl (C=O) groups is 1. The van der Waals surface area contributed by atoms with Crippen LogP contribution in [0.4, 0.5) is 0 Å². The first-order chi connectivity index (χ1) is 13.4. The Bertz CT molecular complexity index is 903. The van der Waals surface area contributed by atoms with Gasteiger partial charge in [-0.05, 0) is 38.0 Å². The molecule has 0 radical (unpaired) electrons. The highest BCUT2D eigenvalue weighted by Gasteiger charge is 2.19. The summed E-state index contributed by atoms with van der Waals surface area (Å²) in [5, 5.41) is 11.3. The Morgan fingerprint density at radius 2 is 1.79 bits per heavy atom. The summed E-state index contributed by atoms with van der Waals surface area (Å²) in [5.41, 5.74) is 5.10. The molecular weight excluding hydrogens is 378 g/mol. The van der Waals surface area contributed by atoms with Crippen LogP contribution >= 0.6 is 11.6 Å². The van der Waals surface area contributed by atoms with Crippen LogP contribution in [-0.2, 0) is 21.1 Å². The first-order valence-corrected chi connectivity index (χ1v) is 9.12. The average Bonchev–Trinajstić information content (AvgIpc) is 2.66. The van der Waals surface area contributed by atoms with Gasteiger partial charge in [0.15, 0.2) is 5.71 Å². The number of amides is 1. The molecule has 0 fully saturated rings. The molecule has 0 atom stereocenters. The van der Waals surface area contributed by atoms with Crippen molar-refractivity contribution in [3.63, 3.8) is 0 Å². The molecule has 0 aliphatic heterocycles. The van der Waals surface area contributed by atoms with E-state index in [1.165, 1.54) is 7.11 Å². The molecule has 2 rings (SSSR count). The number of likely N-dealkylation sites (N-methyl/N-ethyl adjacent to an activating group) is 1. The highest BCUT2D eigenvalue weighted by Crippen LogP contribution is 2.21. The number of rotatable bonds is 7. The molecule has 148 valence electrons. The van der Waals surface area contributed by atoms with Crippen molar-refractivity contribution in [3.05, 3.63) is 69.2 Å². The molecular formula is C21H24ClN3O3. The number of hydrogen-bond donors (Lipinski definition) is 1. The van der Waals surface area contributed by atoms with E-state index in [-0.39, 0.29) is 18.2 Å². The lowest BCUT2D eigenvalue weighted by molar-refractivity contribution is -0.114. The van der Waals surface area contributed by atoms with Crippen molar-refractivity contribution in [1.82, 2.24) is 5.32 Å². The lowest BCUT2D eigenvalue weighted by atomic mass is 9.98. The summed E-state index contributed by atoms with van der Waals surface area (Å²) in [6.07, 6.45) is 0. The molecule has 7 heteroatoms. The van der Waals surface area contributed by atoms with Crippen LogP contribution < -0.4 is 5.32 Å². The van der Waals surface area contributed by atoms with E-state index in [1.807, 2.05) is 51.1 Å². The van der Waals surface area contributed by atoms with Gasteiger partial charge in [0.05, 0.1) is 5.71 Å². The minimum Gasteiger partial charge on any atom is -0.398 e. The lowest BCUT2D eigenvalue weighted by Crippen LogP contribution is -2.29. The molecule has 6 nitrogen and oxygen atoms in total. The fourth-order valence-corrected chi connectivity index (χ4v) is 3.23. The van der Waals surface area contributed by atoms with Gasteiger partial charge in [-0.1, -0.05) is 52.2 Å². The quantitative estimate of drug-likeness (QED) is 0.563. The molecule has 28 heavy (non-hydrogen) atoms. The summed E-state index contributed by atoms with van der Waals surface area (Å²) in [6.45, 7) is 5.92. The van der Waals surface area contributed by atoms with E-state index in [0.717, 1.165) is 22.3 Å². The van der Waals surface area contributed by atoms with Crippen LogP contribution in [0, 0.1) is 13.8 Å². The minimum absolute atomic E-state index is 0.169. The van der Waals surface area contributed by atoms with Crippen LogP contribution in [0.2, 0.25) is 5.02 Å². The zero-order chi connectivity index (χ0) is 20.7. The van der Waals surface area contributed by atoms with Crippen molar-refractivity contribution in [1.29, 1.82) is 0 Å². The van der Waals surface area contributed by atoms with Crippen LogP contribution in [0.3, 0.4) is 0 Å². The molecule has 0 spiro atoms. The maximum absolute atomic E-state index is 12.2. The first-order valence-electron chi connectivity index (χ1n) is 8.74. The van der Waals surface area contributed by atoms with Gasteiger partial charge in [0, 0.05) is 28.8 Å². The molecule has 1 amide bonds. The number of halogens is 1. The van der Waals surface area contributed by atoms with E-state index in [1.54, 1.807) is 13.1 Å². The third-order valence-corrected chi connectivity index (χ3v) is 4.60. The van der Waals surface area contributed by atoms with Gasteiger partial charge in [0.2, 0.25) is 0 Å². The molecule has 0 saturated heterocycles. The van der Waals surface area contributed by atoms with Gasteiger partial charge in [-0.15, -0.1) is 0 Å². The highest BCUT2D eigenvalue weighted by atomic mass is 35.5. The molecule has 0 bridgehead atoms. The van der Waals surface area contributed by atoms with Crippen molar-refractivity contribution in [3.8, 4) is 0 Å². The summed E-state index contributed by atoms with van der Waals surface area (Å²) >= 11 is 6.29. The normalized spacial score (nSPS) is 11.9. The van der Waals surface area contributed by atoms with Gasteiger partial charge < -0.3 is 15.0 Å². The lowest BCUT2D eigenvalue weighted by Gasteiger charge is -2.13. The molecule has 0 aliphatic rings. The molecule has 2 aromatic rings. The Balaban J connectivity index is 2.32. The van der Waals surface area contributed by atoms with Gasteiger partial charge in [0.1, 0.15) is 13.7 Å². The van der Waals surface area contributed by atoms with E-state index in [9.17, 15) is 4.79 Å². The van der Waals surface area contributed by atoms with Gasteiger partial charge in [0.25, 0.3) is 5.91 Å².